The molecule has 1 aromatic carbocycles. The summed E-state index contributed by atoms with van der Waals surface area (Å²) in [6.45, 7) is 3.50. The van der Waals surface area contributed by atoms with Crippen molar-refractivity contribution in [3.8, 4) is 17.6 Å². The largest absolute Gasteiger partial charge is 0.496 e. The summed E-state index contributed by atoms with van der Waals surface area (Å²) in [7, 11) is 5.32. The minimum absolute atomic E-state index is 0.536. The van der Waals surface area contributed by atoms with Crippen molar-refractivity contribution in [3.63, 3.8) is 0 Å². The molecule has 0 aromatic heterocycles. The Balaban J connectivity index is 2.89. The Kier molecular flexibility index (Phi) is 5.47. The van der Waals surface area contributed by atoms with Gasteiger partial charge in [0.25, 0.3) is 0 Å². The fourth-order valence-corrected chi connectivity index (χ4v) is 1.97. The zero-order chi connectivity index (χ0) is 13.5. The molecule has 0 saturated heterocycles. The van der Waals surface area contributed by atoms with Gasteiger partial charge in [0.1, 0.15) is 11.5 Å². The average molecular weight is 248 g/mol. The van der Waals surface area contributed by atoms with Gasteiger partial charge in [-0.15, -0.1) is 0 Å². The molecule has 0 bridgehead atoms. The van der Waals surface area contributed by atoms with Gasteiger partial charge in [-0.2, -0.15) is 5.26 Å². The first-order valence-electron chi connectivity index (χ1n) is 5.90. The normalized spacial score (nSPS) is 10.2. The lowest BCUT2D eigenvalue weighted by atomic mass is 10.1. The standard InChI is InChI=1S/C14H20N2O2/c1-11-13(17-3)7-6-12(14(11)18-4)10-16(2)9-5-8-15/h6-7H,5,9-10H2,1-4H3. The maximum atomic E-state index is 8.58. The van der Waals surface area contributed by atoms with E-state index in [0.29, 0.717) is 6.42 Å². The Hall–Kier alpha value is -1.73. The van der Waals surface area contributed by atoms with Crippen LogP contribution in [-0.4, -0.2) is 32.7 Å². The molecule has 0 fully saturated rings. The van der Waals surface area contributed by atoms with Gasteiger partial charge in [0, 0.05) is 30.6 Å². The number of ether oxygens (including phenoxy) is 2. The first-order chi connectivity index (χ1) is 8.63. The van der Waals surface area contributed by atoms with E-state index < -0.39 is 0 Å². The van der Waals surface area contributed by atoms with E-state index in [9.17, 15) is 0 Å². The molecule has 0 aliphatic carbocycles. The number of methoxy groups -OCH3 is 2. The Morgan fingerprint density at radius 1 is 1.28 bits per heavy atom. The number of nitriles is 1. The van der Waals surface area contributed by atoms with Crippen LogP contribution < -0.4 is 9.47 Å². The van der Waals surface area contributed by atoms with Crippen molar-refractivity contribution in [3.05, 3.63) is 23.3 Å². The van der Waals surface area contributed by atoms with Gasteiger partial charge in [-0.05, 0) is 20.0 Å². The highest BCUT2D eigenvalue weighted by Crippen LogP contribution is 2.31. The number of rotatable bonds is 6. The first kappa shape index (κ1) is 14.3. The van der Waals surface area contributed by atoms with E-state index >= 15 is 0 Å². The lowest BCUT2D eigenvalue weighted by molar-refractivity contribution is 0.322. The van der Waals surface area contributed by atoms with Crippen molar-refractivity contribution < 1.29 is 9.47 Å². The molecular formula is C14H20N2O2. The van der Waals surface area contributed by atoms with Gasteiger partial charge in [-0.1, -0.05) is 6.07 Å². The van der Waals surface area contributed by atoms with Crippen LogP contribution >= 0.6 is 0 Å². The Morgan fingerprint density at radius 2 is 2.00 bits per heavy atom. The molecule has 98 valence electrons. The minimum atomic E-state index is 0.536. The fraction of sp³-hybridized carbons (Fsp3) is 0.500. The Bertz CT molecular complexity index is 438. The van der Waals surface area contributed by atoms with E-state index in [2.05, 4.69) is 11.0 Å². The van der Waals surface area contributed by atoms with Crippen molar-refractivity contribution in [1.29, 1.82) is 5.26 Å². The van der Waals surface area contributed by atoms with E-state index in [1.165, 1.54) is 0 Å². The van der Waals surface area contributed by atoms with Crippen LogP contribution in [0, 0.1) is 18.3 Å². The average Bonchev–Trinajstić information content (AvgIpc) is 2.37. The van der Waals surface area contributed by atoms with Crippen molar-refractivity contribution in [2.24, 2.45) is 0 Å². The van der Waals surface area contributed by atoms with Gasteiger partial charge in [0.2, 0.25) is 0 Å². The summed E-state index contributed by atoms with van der Waals surface area (Å²) >= 11 is 0. The van der Waals surface area contributed by atoms with E-state index in [-0.39, 0.29) is 0 Å². The molecule has 0 atom stereocenters. The van der Waals surface area contributed by atoms with Crippen LogP contribution in [-0.2, 0) is 6.54 Å². The molecular weight excluding hydrogens is 228 g/mol. The molecule has 1 aromatic rings. The molecule has 4 heteroatoms. The summed E-state index contributed by atoms with van der Waals surface area (Å²) in [6, 6.07) is 6.11. The Morgan fingerprint density at radius 3 is 2.56 bits per heavy atom. The highest BCUT2D eigenvalue weighted by Gasteiger charge is 2.12. The summed E-state index contributed by atoms with van der Waals surface area (Å²) in [5, 5.41) is 8.58. The van der Waals surface area contributed by atoms with E-state index in [1.54, 1.807) is 14.2 Å². The minimum Gasteiger partial charge on any atom is -0.496 e. The second-order valence-corrected chi connectivity index (χ2v) is 4.23. The van der Waals surface area contributed by atoms with Gasteiger partial charge in [-0.25, -0.2) is 0 Å². The number of benzene rings is 1. The lowest BCUT2D eigenvalue weighted by Gasteiger charge is -2.19. The first-order valence-corrected chi connectivity index (χ1v) is 5.90. The van der Waals surface area contributed by atoms with Gasteiger partial charge in [-0.3, -0.25) is 0 Å². The summed E-state index contributed by atoms with van der Waals surface area (Å²) < 4.78 is 10.7. The zero-order valence-corrected chi connectivity index (χ0v) is 11.5. The van der Waals surface area contributed by atoms with Gasteiger partial charge in [0.15, 0.2) is 0 Å². The van der Waals surface area contributed by atoms with Gasteiger partial charge >= 0.3 is 0 Å². The van der Waals surface area contributed by atoms with Crippen LogP contribution in [0.5, 0.6) is 11.5 Å². The molecule has 0 amide bonds. The van der Waals surface area contributed by atoms with Crippen LogP contribution in [0.2, 0.25) is 0 Å². The molecule has 0 N–H and O–H groups in total. The highest BCUT2D eigenvalue weighted by molar-refractivity contribution is 5.49. The molecule has 1 rings (SSSR count). The Labute approximate surface area is 109 Å². The van der Waals surface area contributed by atoms with Crippen LogP contribution in [0.1, 0.15) is 17.5 Å². The zero-order valence-electron chi connectivity index (χ0n) is 11.5. The summed E-state index contributed by atoms with van der Waals surface area (Å²) in [4.78, 5) is 2.10. The third kappa shape index (κ3) is 3.38. The molecule has 0 heterocycles. The number of hydrogen-bond acceptors (Lipinski definition) is 4. The van der Waals surface area contributed by atoms with Gasteiger partial charge < -0.3 is 14.4 Å². The maximum Gasteiger partial charge on any atom is 0.129 e. The summed E-state index contributed by atoms with van der Waals surface area (Å²) in [6.07, 6.45) is 0.536. The van der Waals surface area contributed by atoms with Crippen molar-refractivity contribution in [2.75, 3.05) is 27.8 Å². The van der Waals surface area contributed by atoms with Crippen LogP contribution in [0.25, 0.3) is 0 Å². The molecule has 18 heavy (non-hydrogen) atoms. The fourth-order valence-electron chi connectivity index (χ4n) is 1.97. The maximum absolute atomic E-state index is 8.58. The molecule has 4 nitrogen and oxygen atoms in total. The number of hydrogen-bond donors (Lipinski definition) is 0. The van der Waals surface area contributed by atoms with E-state index in [4.69, 9.17) is 14.7 Å². The second-order valence-electron chi connectivity index (χ2n) is 4.23. The van der Waals surface area contributed by atoms with E-state index in [1.807, 2.05) is 26.1 Å². The van der Waals surface area contributed by atoms with Gasteiger partial charge in [0.05, 0.1) is 20.3 Å². The lowest BCUT2D eigenvalue weighted by Crippen LogP contribution is -2.19. The SMILES string of the molecule is COc1ccc(CN(C)CCC#N)c(OC)c1C. The predicted octanol–water partition coefficient (Wildman–Crippen LogP) is 2.36. The molecule has 0 aliphatic rings. The summed E-state index contributed by atoms with van der Waals surface area (Å²) in [5.41, 5.74) is 2.11. The van der Waals surface area contributed by atoms with Crippen LogP contribution in [0.15, 0.2) is 12.1 Å². The molecule has 0 radical (unpaired) electrons. The molecule has 0 saturated carbocycles. The summed E-state index contributed by atoms with van der Waals surface area (Å²) in [5.74, 6) is 1.69. The predicted molar refractivity (Wildman–Crippen MR) is 70.8 cm³/mol. The van der Waals surface area contributed by atoms with Crippen LogP contribution in [0.4, 0.5) is 0 Å². The molecule has 0 spiro atoms. The topological polar surface area (TPSA) is 45.5 Å². The van der Waals surface area contributed by atoms with Crippen LogP contribution in [0.3, 0.4) is 0 Å². The monoisotopic (exact) mass is 248 g/mol. The smallest absolute Gasteiger partial charge is 0.129 e. The van der Waals surface area contributed by atoms with E-state index in [0.717, 1.165) is 35.7 Å². The second kappa shape index (κ2) is 6.87. The quantitative estimate of drug-likeness (QED) is 0.775. The third-order valence-corrected chi connectivity index (χ3v) is 2.91. The third-order valence-electron chi connectivity index (χ3n) is 2.91. The highest BCUT2D eigenvalue weighted by atomic mass is 16.5. The molecule has 0 aliphatic heterocycles. The van der Waals surface area contributed by atoms with Crippen molar-refractivity contribution in [2.45, 2.75) is 19.9 Å². The van der Waals surface area contributed by atoms with Crippen molar-refractivity contribution in [1.82, 2.24) is 4.90 Å². The van der Waals surface area contributed by atoms with Crippen molar-refractivity contribution >= 4 is 0 Å². The molecule has 0 unspecified atom stereocenters. The number of nitrogens with zero attached hydrogens (tertiary/aromatic N) is 2.